The number of aliphatic carboxylic acids is 1. The molecule has 0 amide bonds. The van der Waals surface area contributed by atoms with Gasteiger partial charge in [-0.3, -0.25) is 4.79 Å². The maximum absolute atomic E-state index is 13.8. The fourth-order valence-electron chi connectivity index (χ4n) is 2.22. The molecule has 3 N–H and O–H groups in total. The van der Waals surface area contributed by atoms with E-state index in [0.717, 1.165) is 0 Å². The molecular formula is C12H13ClFNO4. The number of carboxylic acids is 1. The number of carbonyl (C=O) groups is 1. The summed E-state index contributed by atoms with van der Waals surface area (Å²) < 4.78 is 18.6. The highest BCUT2D eigenvalue weighted by atomic mass is 35.5. The van der Waals surface area contributed by atoms with E-state index in [1.165, 1.54) is 13.2 Å². The van der Waals surface area contributed by atoms with Crippen LogP contribution in [0.5, 0.6) is 11.5 Å². The number of benzene rings is 1. The summed E-state index contributed by atoms with van der Waals surface area (Å²) in [7, 11) is 1.25. The SMILES string of the molecule is COc1c(Cl)cc(C2CC(C(=O)O)CN2)c(O)c1F. The van der Waals surface area contributed by atoms with E-state index < -0.39 is 29.5 Å². The van der Waals surface area contributed by atoms with Crippen molar-refractivity contribution < 1.29 is 24.1 Å². The van der Waals surface area contributed by atoms with Crippen molar-refractivity contribution in [3.63, 3.8) is 0 Å². The van der Waals surface area contributed by atoms with Gasteiger partial charge in [-0.15, -0.1) is 0 Å². The Balaban J connectivity index is 2.34. The molecule has 1 heterocycles. The smallest absolute Gasteiger partial charge is 0.307 e. The van der Waals surface area contributed by atoms with Crippen LogP contribution < -0.4 is 10.1 Å². The molecule has 0 bridgehead atoms. The zero-order chi connectivity index (χ0) is 14.2. The van der Waals surface area contributed by atoms with Crippen LogP contribution in [0.25, 0.3) is 0 Å². The van der Waals surface area contributed by atoms with Crippen LogP contribution in [0.4, 0.5) is 4.39 Å². The molecule has 5 nitrogen and oxygen atoms in total. The van der Waals surface area contributed by atoms with E-state index in [-0.39, 0.29) is 29.3 Å². The van der Waals surface area contributed by atoms with Gasteiger partial charge in [0.25, 0.3) is 0 Å². The first-order chi connectivity index (χ1) is 8.95. The predicted octanol–water partition coefficient (Wildman–Crippen LogP) is 1.93. The minimum atomic E-state index is -0.939. The van der Waals surface area contributed by atoms with Crippen molar-refractivity contribution in [1.29, 1.82) is 0 Å². The first-order valence-corrected chi connectivity index (χ1v) is 6.04. The Kier molecular flexibility index (Phi) is 3.82. The van der Waals surface area contributed by atoms with E-state index >= 15 is 0 Å². The Morgan fingerprint density at radius 3 is 2.84 bits per heavy atom. The van der Waals surface area contributed by atoms with Crippen LogP contribution in [0.15, 0.2) is 6.07 Å². The van der Waals surface area contributed by atoms with Gasteiger partial charge >= 0.3 is 5.97 Å². The Morgan fingerprint density at radius 2 is 2.32 bits per heavy atom. The van der Waals surface area contributed by atoms with Crippen molar-refractivity contribution in [2.45, 2.75) is 12.5 Å². The summed E-state index contributed by atoms with van der Waals surface area (Å²) in [6.07, 6.45) is 0.269. The lowest BCUT2D eigenvalue weighted by Gasteiger charge is -2.15. The third-order valence-corrected chi connectivity index (χ3v) is 3.52. The molecule has 1 aliphatic rings. The van der Waals surface area contributed by atoms with Crippen LogP contribution in [-0.4, -0.2) is 29.8 Å². The lowest BCUT2D eigenvalue weighted by molar-refractivity contribution is -0.141. The zero-order valence-electron chi connectivity index (χ0n) is 10.1. The van der Waals surface area contributed by atoms with Crippen LogP contribution in [0.3, 0.4) is 0 Å². The fourth-order valence-corrected chi connectivity index (χ4v) is 2.50. The molecule has 0 saturated carbocycles. The molecule has 0 aromatic heterocycles. The van der Waals surface area contributed by atoms with E-state index in [1.54, 1.807) is 0 Å². The highest BCUT2D eigenvalue weighted by Crippen LogP contribution is 2.41. The third-order valence-electron chi connectivity index (χ3n) is 3.24. The quantitative estimate of drug-likeness (QED) is 0.792. The summed E-state index contributed by atoms with van der Waals surface area (Å²) >= 11 is 5.86. The Labute approximate surface area is 113 Å². The summed E-state index contributed by atoms with van der Waals surface area (Å²) in [6, 6.07) is 0.944. The first kappa shape index (κ1) is 13.9. The lowest BCUT2D eigenvalue weighted by atomic mass is 9.99. The van der Waals surface area contributed by atoms with E-state index in [0.29, 0.717) is 0 Å². The van der Waals surface area contributed by atoms with Gasteiger partial charge in [-0.2, -0.15) is 4.39 Å². The number of phenolic OH excluding ortho intramolecular Hbond substituents is 1. The molecule has 1 fully saturated rings. The molecule has 104 valence electrons. The third kappa shape index (κ3) is 2.46. The molecular weight excluding hydrogens is 277 g/mol. The van der Waals surface area contributed by atoms with Crippen LogP contribution in [0.1, 0.15) is 18.0 Å². The Bertz CT molecular complexity index is 523. The van der Waals surface area contributed by atoms with Crippen molar-refractivity contribution >= 4 is 17.6 Å². The largest absolute Gasteiger partial charge is 0.504 e. The van der Waals surface area contributed by atoms with E-state index in [9.17, 15) is 14.3 Å². The second kappa shape index (κ2) is 5.22. The Hall–Kier alpha value is -1.53. The maximum Gasteiger partial charge on any atom is 0.307 e. The van der Waals surface area contributed by atoms with E-state index in [4.69, 9.17) is 21.4 Å². The van der Waals surface area contributed by atoms with Gasteiger partial charge in [-0.1, -0.05) is 11.6 Å². The van der Waals surface area contributed by atoms with Gasteiger partial charge in [0.15, 0.2) is 11.5 Å². The summed E-state index contributed by atoms with van der Waals surface area (Å²) in [5.41, 5.74) is 0.243. The van der Waals surface area contributed by atoms with E-state index in [2.05, 4.69) is 5.32 Å². The molecule has 2 atom stereocenters. The van der Waals surface area contributed by atoms with Crippen LogP contribution in [0.2, 0.25) is 5.02 Å². The number of hydrogen-bond donors (Lipinski definition) is 3. The van der Waals surface area contributed by atoms with Gasteiger partial charge in [0.05, 0.1) is 18.1 Å². The normalized spacial score (nSPS) is 22.5. The zero-order valence-corrected chi connectivity index (χ0v) is 10.9. The average Bonchev–Trinajstić information content (AvgIpc) is 2.84. The Morgan fingerprint density at radius 1 is 1.63 bits per heavy atom. The number of carboxylic acid groups (broad SMARTS) is 1. The average molecular weight is 290 g/mol. The number of phenols is 1. The van der Waals surface area contributed by atoms with Crippen molar-refractivity contribution in [3.8, 4) is 11.5 Å². The number of methoxy groups -OCH3 is 1. The monoisotopic (exact) mass is 289 g/mol. The molecule has 1 aromatic rings. The van der Waals surface area contributed by atoms with Gasteiger partial charge in [-0.05, 0) is 12.5 Å². The second-order valence-corrected chi connectivity index (χ2v) is 4.78. The number of aromatic hydroxyl groups is 1. The molecule has 1 aliphatic heterocycles. The summed E-state index contributed by atoms with van der Waals surface area (Å²) in [5, 5.41) is 21.7. The molecule has 0 radical (unpaired) electrons. The lowest BCUT2D eigenvalue weighted by Crippen LogP contribution is -2.17. The van der Waals surface area contributed by atoms with E-state index in [1.807, 2.05) is 0 Å². The molecule has 19 heavy (non-hydrogen) atoms. The minimum absolute atomic E-state index is 0.0355. The molecule has 7 heteroatoms. The highest BCUT2D eigenvalue weighted by Gasteiger charge is 2.33. The molecule has 2 rings (SSSR count). The summed E-state index contributed by atoms with van der Waals surface area (Å²) in [5.74, 6) is -3.21. The minimum Gasteiger partial charge on any atom is -0.504 e. The van der Waals surface area contributed by atoms with Crippen LogP contribution >= 0.6 is 11.6 Å². The van der Waals surface area contributed by atoms with Crippen molar-refractivity contribution in [3.05, 3.63) is 22.5 Å². The number of ether oxygens (including phenoxy) is 1. The van der Waals surface area contributed by atoms with Crippen LogP contribution in [0, 0.1) is 11.7 Å². The predicted molar refractivity (Wildman–Crippen MR) is 66.1 cm³/mol. The van der Waals surface area contributed by atoms with Crippen molar-refractivity contribution in [2.24, 2.45) is 5.92 Å². The van der Waals surface area contributed by atoms with Crippen molar-refractivity contribution in [1.82, 2.24) is 5.32 Å². The molecule has 2 unspecified atom stereocenters. The van der Waals surface area contributed by atoms with Gasteiger partial charge < -0.3 is 20.3 Å². The second-order valence-electron chi connectivity index (χ2n) is 4.38. The van der Waals surface area contributed by atoms with Crippen LogP contribution in [-0.2, 0) is 4.79 Å². The first-order valence-electron chi connectivity index (χ1n) is 5.66. The number of nitrogens with one attached hydrogen (secondary N) is 1. The summed E-state index contributed by atoms with van der Waals surface area (Å²) in [4.78, 5) is 10.9. The molecule has 0 aliphatic carbocycles. The highest BCUT2D eigenvalue weighted by molar-refractivity contribution is 6.32. The van der Waals surface area contributed by atoms with Gasteiger partial charge in [-0.25, -0.2) is 0 Å². The summed E-state index contributed by atoms with van der Waals surface area (Å²) in [6.45, 7) is 0.269. The fraction of sp³-hybridized carbons (Fsp3) is 0.417. The topological polar surface area (TPSA) is 78.8 Å². The molecule has 1 aromatic carbocycles. The van der Waals surface area contributed by atoms with Gasteiger partial charge in [0.1, 0.15) is 0 Å². The maximum atomic E-state index is 13.8. The molecule has 0 spiro atoms. The number of hydrogen-bond acceptors (Lipinski definition) is 4. The number of rotatable bonds is 3. The van der Waals surface area contributed by atoms with Gasteiger partial charge in [0.2, 0.25) is 5.82 Å². The standard InChI is InChI=1S/C12H13ClFNO4/c1-19-11-7(13)3-6(10(16)9(11)14)8-2-5(4-15-8)12(17)18/h3,5,8,15-16H,2,4H2,1H3,(H,17,18). The van der Waals surface area contributed by atoms with Gasteiger partial charge in [0, 0.05) is 18.2 Å². The molecule has 1 saturated heterocycles. The van der Waals surface area contributed by atoms with Crippen molar-refractivity contribution in [2.75, 3.05) is 13.7 Å². The number of halogens is 2.